The number of ether oxygens (including phenoxy) is 2. The van der Waals surface area contributed by atoms with E-state index in [2.05, 4.69) is 6.07 Å². The van der Waals surface area contributed by atoms with Crippen LogP contribution in [0.3, 0.4) is 0 Å². The lowest BCUT2D eigenvalue weighted by molar-refractivity contribution is 0.0887. The molecule has 5 rings (SSSR count). The van der Waals surface area contributed by atoms with Gasteiger partial charge in [0.2, 0.25) is 0 Å². The highest BCUT2D eigenvalue weighted by atomic mass is 16.5. The average Bonchev–Trinajstić information content (AvgIpc) is 2.72. The summed E-state index contributed by atoms with van der Waals surface area (Å²) >= 11 is 0. The Morgan fingerprint density at radius 2 is 1.66 bits per heavy atom. The zero-order valence-electron chi connectivity index (χ0n) is 18.3. The van der Waals surface area contributed by atoms with Crippen LogP contribution >= 0.6 is 0 Å². The number of benzene rings is 3. The van der Waals surface area contributed by atoms with Gasteiger partial charge in [0.25, 0.3) is 0 Å². The summed E-state index contributed by atoms with van der Waals surface area (Å²) in [5, 5.41) is 31.3. The zero-order valence-corrected chi connectivity index (χ0v) is 18.3. The van der Waals surface area contributed by atoms with E-state index in [1.807, 2.05) is 32.9 Å². The number of aromatic hydroxyl groups is 3. The molecule has 6 nitrogen and oxygen atoms in total. The zero-order chi connectivity index (χ0) is 22.9. The molecule has 3 N–H and O–H groups in total. The van der Waals surface area contributed by atoms with Gasteiger partial charge in [-0.05, 0) is 39.3 Å². The van der Waals surface area contributed by atoms with Crippen molar-refractivity contribution >= 4 is 5.78 Å². The first kappa shape index (κ1) is 20.2. The number of hydrogen-bond donors (Lipinski definition) is 3. The number of phenolic OH excluding ortho intramolecular Hbond substituents is 3. The Hall–Kier alpha value is -3.67. The summed E-state index contributed by atoms with van der Waals surface area (Å²) in [7, 11) is 0. The molecule has 6 heteroatoms. The minimum Gasteiger partial charge on any atom is -0.508 e. The molecule has 2 aliphatic heterocycles. The smallest absolute Gasteiger partial charge is 0.181 e. The molecule has 164 valence electrons. The van der Waals surface area contributed by atoms with Crippen LogP contribution in [0.1, 0.15) is 52.4 Å². The number of hydrogen-bond acceptors (Lipinski definition) is 6. The van der Waals surface area contributed by atoms with Crippen LogP contribution in [-0.4, -0.2) is 27.7 Å². The number of carbonyl (C=O) groups excluding carboxylic acids is 1. The summed E-state index contributed by atoms with van der Waals surface area (Å²) in [6.07, 6.45) is 0. The van der Waals surface area contributed by atoms with Gasteiger partial charge < -0.3 is 24.8 Å². The first-order valence-corrected chi connectivity index (χ1v) is 10.5. The van der Waals surface area contributed by atoms with E-state index in [9.17, 15) is 20.1 Å². The van der Waals surface area contributed by atoms with Crippen molar-refractivity contribution in [1.82, 2.24) is 0 Å². The monoisotopic (exact) mass is 432 g/mol. The van der Waals surface area contributed by atoms with Crippen molar-refractivity contribution in [2.45, 2.75) is 39.2 Å². The highest BCUT2D eigenvalue weighted by molar-refractivity contribution is 6.07. The molecule has 0 bridgehead atoms. The van der Waals surface area contributed by atoms with Gasteiger partial charge in [0.1, 0.15) is 46.5 Å². The summed E-state index contributed by atoms with van der Waals surface area (Å²) in [5.74, 6) is -1.03. The molecule has 2 aliphatic rings. The van der Waals surface area contributed by atoms with Crippen molar-refractivity contribution in [1.29, 1.82) is 0 Å². The van der Waals surface area contributed by atoms with Crippen LogP contribution in [-0.2, 0) is 5.60 Å². The Labute approximate surface area is 185 Å². The van der Waals surface area contributed by atoms with E-state index < -0.39 is 11.5 Å². The van der Waals surface area contributed by atoms with Gasteiger partial charge in [-0.25, -0.2) is 0 Å². The van der Waals surface area contributed by atoms with Crippen LogP contribution < -0.4 is 9.47 Å². The summed E-state index contributed by atoms with van der Waals surface area (Å²) in [6.45, 7) is 7.47. The van der Waals surface area contributed by atoms with Crippen LogP contribution in [0.15, 0.2) is 36.4 Å². The Bertz CT molecular complexity index is 1300. The lowest BCUT2D eigenvalue weighted by Crippen LogP contribution is -2.30. The van der Waals surface area contributed by atoms with Gasteiger partial charge >= 0.3 is 0 Å². The third-order valence-corrected chi connectivity index (χ3v) is 6.44. The molecule has 1 atom stereocenters. The maximum absolute atomic E-state index is 13.4. The first-order valence-electron chi connectivity index (χ1n) is 10.5. The van der Waals surface area contributed by atoms with E-state index >= 15 is 0 Å². The average molecular weight is 432 g/mol. The van der Waals surface area contributed by atoms with Crippen LogP contribution in [0.2, 0.25) is 0 Å². The molecule has 0 saturated carbocycles. The largest absolute Gasteiger partial charge is 0.508 e. The SMILES string of the molecule is Cc1ccc2c(c1)-c1cc([C@@H]3COc4cc(O)c(C)c(O)c4C3=O)c(O)cc1OC2(C)C. The van der Waals surface area contributed by atoms with E-state index in [-0.39, 0.29) is 46.5 Å². The van der Waals surface area contributed by atoms with Gasteiger partial charge in [-0.1, -0.05) is 23.8 Å². The number of rotatable bonds is 1. The van der Waals surface area contributed by atoms with Gasteiger partial charge in [0, 0.05) is 34.4 Å². The fraction of sp³-hybridized carbons (Fsp3) is 0.269. The first-order chi connectivity index (χ1) is 15.1. The van der Waals surface area contributed by atoms with Crippen molar-refractivity contribution in [3.05, 3.63) is 64.2 Å². The number of ketones is 1. The Balaban J connectivity index is 1.66. The molecule has 0 saturated heterocycles. The molecule has 0 aromatic heterocycles. The molecule has 0 aliphatic carbocycles. The molecule has 32 heavy (non-hydrogen) atoms. The van der Waals surface area contributed by atoms with Crippen molar-refractivity contribution in [3.63, 3.8) is 0 Å². The third-order valence-electron chi connectivity index (χ3n) is 6.44. The second-order valence-electron chi connectivity index (χ2n) is 9.04. The fourth-order valence-electron chi connectivity index (χ4n) is 4.63. The molecular formula is C26H24O6. The van der Waals surface area contributed by atoms with Crippen LogP contribution in [0.5, 0.6) is 28.7 Å². The Morgan fingerprint density at radius 3 is 2.41 bits per heavy atom. The van der Waals surface area contributed by atoms with Gasteiger partial charge in [-0.3, -0.25) is 4.79 Å². The minimum atomic E-state index is -0.814. The quantitative estimate of drug-likeness (QED) is 0.497. The number of fused-ring (bicyclic) bond motifs is 4. The normalized spacial score (nSPS) is 18.1. The number of Topliss-reactive ketones (excluding diaryl/α,β-unsaturated/α-hetero) is 1. The summed E-state index contributed by atoms with van der Waals surface area (Å²) in [6, 6.07) is 10.8. The van der Waals surface area contributed by atoms with E-state index in [1.165, 1.54) is 13.0 Å². The lowest BCUT2D eigenvalue weighted by atomic mass is 9.82. The number of aryl methyl sites for hydroxylation is 1. The number of phenols is 3. The van der Waals surface area contributed by atoms with Crippen LogP contribution in [0, 0.1) is 13.8 Å². The maximum Gasteiger partial charge on any atom is 0.181 e. The molecule has 0 amide bonds. The minimum absolute atomic E-state index is 0.0160. The van der Waals surface area contributed by atoms with Crippen molar-refractivity contribution in [3.8, 4) is 39.9 Å². The highest BCUT2D eigenvalue weighted by Gasteiger charge is 2.38. The van der Waals surface area contributed by atoms with Gasteiger partial charge in [0.05, 0.1) is 5.92 Å². The van der Waals surface area contributed by atoms with E-state index in [0.29, 0.717) is 11.3 Å². The molecule has 0 fully saturated rings. The van der Waals surface area contributed by atoms with E-state index in [0.717, 1.165) is 22.3 Å². The molecule has 0 spiro atoms. The molecule has 3 aromatic rings. The lowest BCUT2D eigenvalue weighted by Gasteiger charge is -2.36. The standard InChI is InChI=1S/C26H24O6/c1-12-5-6-18-14(7-12)16-8-15(20(28)10-21(16)32-26(18,3)4)17-11-31-22-9-19(27)13(2)24(29)23(22)25(17)30/h5-10,17,27-29H,11H2,1-4H3/t17-/m0/s1. The summed E-state index contributed by atoms with van der Waals surface area (Å²) in [5.41, 5.74) is 3.95. The van der Waals surface area contributed by atoms with Crippen LogP contribution in [0.4, 0.5) is 0 Å². The molecule has 0 radical (unpaired) electrons. The van der Waals surface area contributed by atoms with Crippen molar-refractivity contribution < 1.29 is 29.6 Å². The van der Waals surface area contributed by atoms with Crippen molar-refractivity contribution in [2.24, 2.45) is 0 Å². The Kier molecular flexibility index (Phi) is 4.21. The van der Waals surface area contributed by atoms with Gasteiger partial charge in [-0.2, -0.15) is 0 Å². The van der Waals surface area contributed by atoms with E-state index in [4.69, 9.17) is 9.47 Å². The second-order valence-corrected chi connectivity index (χ2v) is 9.04. The fourth-order valence-corrected chi connectivity index (χ4v) is 4.63. The topological polar surface area (TPSA) is 96.2 Å². The summed E-state index contributed by atoms with van der Waals surface area (Å²) in [4.78, 5) is 13.4. The maximum atomic E-state index is 13.4. The Morgan fingerprint density at radius 1 is 0.938 bits per heavy atom. The van der Waals surface area contributed by atoms with Crippen molar-refractivity contribution in [2.75, 3.05) is 6.61 Å². The molecule has 3 aromatic carbocycles. The predicted octanol–water partition coefficient (Wildman–Crippen LogP) is 5.07. The summed E-state index contributed by atoms with van der Waals surface area (Å²) < 4.78 is 11.9. The van der Waals surface area contributed by atoms with E-state index in [1.54, 1.807) is 12.1 Å². The van der Waals surface area contributed by atoms with Gasteiger partial charge in [0.15, 0.2) is 5.78 Å². The predicted molar refractivity (Wildman–Crippen MR) is 119 cm³/mol. The second kappa shape index (κ2) is 6.66. The van der Waals surface area contributed by atoms with Crippen LogP contribution in [0.25, 0.3) is 11.1 Å². The molecule has 0 unspecified atom stereocenters. The molecular weight excluding hydrogens is 408 g/mol. The number of carbonyl (C=O) groups is 1. The molecule has 2 heterocycles. The third kappa shape index (κ3) is 2.83. The van der Waals surface area contributed by atoms with Gasteiger partial charge in [-0.15, -0.1) is 0 Å². The highest BCUT2D eigenvalue weighted by Crippen LogP contribution is 2.50.